The highest BCUT2D eigenvalue weighted by atomic mass is 32.2. The fraction of sp³-hybridized carbons (Fsp3) is 0.0417. The summed E-state index contributed by atoms with van der Waals surface area (Å²) in [5.74, 6) is -0.597. The molecule has 0 atom stereocenters. The second kappa shape index (κ2) is 8.87. The predicted octanol–water partition coefficient (Wildman–Crippen LogP) is 3.28. The second-order valence-electron chi connectivity index (χ2n) is 6.96. The molecule has 0 aliphatic rings. The van der Waals surface area contributed by atoms with Gasteiger partial charge >= 0.3 is 5.63 Å². The number of thioether (sulfide) groups is 1. The number of hydrogen-bond acceptors (Lipinski definition) is 8. The van der Waals surface area contributed by atoms with Crippen molar-refractivity contribution in [3.8, 4) is 29.0 Å². The minimum absolute atomic E-state index is 0.0275. The fourth-order valence-corrected chi connectivity index (χ4v) is 4.25. The summed E-state index contributed by atoms with van der Waals surface area (Å²) >= 11 is 0.987. The number of fused-ring (bicyclic) bond motifs is 1. The van der Waals surface area contributed by atoms with Crippen molar-refractivity contribution in [2.45, 2.75) is 5.03 Å². The molecule has 0 bridgehead atoms. The third kappa shape index (κ3) is 4.13. The van der Waals surface area contributed by atoms with E-state index in [2.05, 4.69) is 11.1 Å². The Morgan fingerprint density at radius 3 is 2.48 bits per heavy atom. The molecule has 2 aromatic heterocycles. The lowest BCUT2D eigenvalue weighted by molar-refractivity contribution is -0.410. The van der Waals surface area contributed by atoms with Crippen LogP contribution in [0.4, 0.5) is 5.82 Å². The first-order valence-corrected chi connectivity index (χ1v) is 10.6. The number of aromatic hydroxyl groups is 1. The van der Waals surface area contributed by atoms with Crippen LogP contribution < -0.4 is 16.3 Å². The number of nitrogens with one attached hydrogen (secondary N) is 1. The van der Waals surface area contributed by atoms with Gasteiger partial charge in [0.05, 0.1) is 5.75 Å². The van der Waals surface area contributed by atoms with Crippen molar-refractivity contribution in [3.63, 3.8) is 0 Å². The summed E-state index contributed by atoms with van der Waals surface area (Å²) in [7, 11) is 0. The van der Waals surface area contributed by atoms with Gasteiger partial charge in [0.25, 0.3) is 5.82 Å². The number of nitriles is 2. The summed E-state index contributed by atoms with van der Waals surface area (Å²) in [6.45, 7) is 0. The maximum absolute atomic E-state index is 12.8. The highest BCUT2D eigenvalue weighted by molar-refractivity contribution is 7.99. The maximum Gasteiger partial charge on any atom is 0.347 e. The monoisotopic (exact) mass is 455 g/mol. The highest BCUT2D eigenvalue weighted by Crippen LogP contribution is 2.34. The lowest BCUT2D eigenvalue weighted by Crippen LogP contribution is -2.20. The van der Waals surface area contributed by atoms with Crippen LogP contribution in [0, 0.1) is 22.7 Å². The molecule has 2 aromatic carbocycles. The highest BCUT2D eigenvalue weighted by Gasteiger charge is 2.25. The van der Waals surface area contributed by atoms with Gasteiger partial charge in [0, 0.05) is 10.9 Å². The maximum atomic E-state index is 12.8. The number of H-pyrrole nitrogens is 1. The molecule has 4 N–H and O–H groups in total. The number of rotatable bonds is 5. The number of carbonyl (C=O) groups is 1. The molecule has 8 nitrogen and oxygen atoms in total. The molecule has 0 aliphatic carbocycles. The number of phenols is 1. The first kappa shape index (κ1) is 21.6. The van der Waals surface area contributed by atoms with Crippen molar-refractivity contribution < 1.29 is 19.3 Å². The number of phenolic OH excluding ortho intramolecular Hbond substituents is 1. The zero-order valence-electron chi connectivity index (χ0n) is 17.0. The lowest BCUT2D eigenvalue weighted by Gasteiger charge is -2.10. The molecule has 0 fully saturated rings. The first-order chi connectivity index (χ1) is 15.9. The molecule has 9 heteroatoms. The van der Waals surface area contributed by atoms with Crippen molar-refractivity contribution in [2.75, 3.05) is 11.5 Å². The van der Waals surface area contributed by atoms with Crippen LogP contribution in [-0.4, -0.2) is 16.6 Å². The quantitative estimate of drug-likeness (QED) is 0.264. The van der Waals surface area contributed by atoms with Crippen LogP contribution in [-0.2, 0) is 0 Å². The van der Waals surface area contributed by atoms with Gasteiger partial charge in [-0.15, -0.1) is 0 Å². The molecule has 2 heterocycles. The van der Waals surface area contributed by atoms with Crippen molar-refractivity contribution >= 4 is 34.3 Å². The van der Waals surface area contributed by atoms with Crippen LogP contribution in [0.3, 0.4) is 0 Å². The molecule has 0 unspecified atom stereocenters. The van der Waals surface area contributed by atoms with Crippen LogP contribution in [0.25, 0.3) is 22.1 Å². The van der Waals surface area contributed by atoms with Crippen LogP contribution in [0.5, 0.6) is 5.75 Å². The number of nitrogen functional groups attached to an aromatic ring is 1. The van der Waals surface area contributed by atoms with Gasteiger partial charge in [-0.2, -0.15) is 10.5 Å². The van der Waals surface area contributed by atoms with E-state index in [0.717, 1.165) is 11.8 Å². The number of para-hydroxylation sites is 1. The predicted molar refractivity (Wildman–Crippen MR) is 121 cm³/mol. The smallest absolute Gasteiger partial charge is 0.347 e. The second-order valence-corrected chi connectivity index (χ2v) is 7.95. The van der Waals surface area contributed by atoms with E-state index in [0.29, 0.717) is 16.5 Å². The van der Waals surface area contributed by atoms with E-state index in [4.69, 9.17) is 10.2 Å². The lowest BCUT2D eigenvalue weighted by atomic mass is 9.97. The summed E-state index contributed by atoms with van der Waals surface area (Å²) in [5, 5.41) is 29.9. The summed E-state index contributed by atoms with van der Waals surface area (Å²) in [5.41, 5.74) is 6.55. The van der Waals surface area contributed by atoms with E-state index in [1.807, 2.05) is 6.07 Å². The molecule has 0 saturated heterocycles. The average molecular weight is 455 g/mol. The number of aromatic nitrogens is 1. The first-order valence-electron chi connectivity index (χ1n) is 9.60. The number of nitrogens with zero attached hydrogens (tertiary/aromatic N) is 2. The van der Waals surface area contributed by atoms with Gasteiger partial charge in [-0.3, -0.25) is 10.5 Å². The largest absolute Gasteiger partial charge is 0.508 e. The molecule has 0 radical (unpaired) electrons. The zero-order valence-corrected chi connectivity index (χ0v) is 17.8. The van der Waals surface area contributed by atoms with Crippen LogP contribution >= 0.6 is 11.8 Å². The van der Waals surface area contributed by atoms with E-state index in [1.54, 1.807) is 36.4 Å². The Bertz CT molecular complexity index is 1550. The summed E-state index contributed by atoms with van der Waals surface area (Å²) in [4.78, 5) is 27.9. The minimum atomic E-state index is -0.743. The third-order valence-electron chi connectivity index (χ3n) is 4.91. The van der Waals surface area contributed by atoms with Crippen LogP contribution in [0.2, 0.25) is 0 Å². The molecular weight excluding hydrogens is 440 g/mol. The number of carbonyl (C=O) groups excluding carboxylic acids is 1. The van der Waals surface area contributed by atoms with E-state index in [-0.39, 0.29) is 44.6 Å². The Labute approximate surface area is 191 Å². The number of aromatic amines is 1. The summed E-state index contributed by atoms with van der Waals surface area (Å²) in [6.07, 6.45) is 0. The van der Waals surface area contributed by atoms with Gasteiger partial charge in [-0.1, -0.05) is 42.1 Å². The van der Waals surface area contributed by atoms with Crippen LogP contribution in [0.15, 0.2) is 68.8 Å². The molecule has 4 aromatic rings. The molecular formula is C24H15N4O4S+. The molecule has 4 rings (SSSR count). The number of hydrogen-bond donors (Lipinski definition) is 2. The Morgan fingerprint density at radius 1 is 1.09 bits per heavy atom. The zero-order chi connectivity index (χ0) is 23.5. The Morgan fingerprint density at radius 2 is 1.79 bits per heavy atom. The van der Waals surface area contributed by atoms with Crippen molar-refractivity contribution in [1.29, 1.82) is 10.5 Å². The number of Topliss-reactive ketones (excluding diaryl/α,β-unsaturated/α-hetero) is 1. The van der Waals surface area contributed by atoms with E-state index in [9.17, 15) is 25.2 Å². The van der Waals surface area contributed by atoms with Crippen molar-refractivity contribution in [1.82, 2.24) is 0 Å². The van der Waals surface area contributed by atoms with Crippen molar-refractivity contribution in [2.24, 2.45) is 0 Å². The van der Waals surface area contributed by atoms with E-state index in [1.165, 1.54) is 18.2 Å². The average Bonchev–Trinajstić information content (AvgIpc) is 2.82. The standard InChI is InChI=1S/C24H14N4O4S/c25-10-17-21(13-5-7-15(29)8-6-13)18(11-26)23(28-22(17)27)33-12-19(30)16-9-14-3-1-2-4-20(14)32-24(16)31/h1-9,29H,12H2,(H2,27,28)/p+1. The van der Waals surface area contributed by atoms with Gasteiger partial charge in [0.1, 0.15) is 40.2 Å². The molecule has 33 heavy (non-hydrogen) atoms. The van der Waals surface area contributed by atoms with E-state index < -0.39 is 11.4 Å². The number of nitrogens with two attached hydrogens (primary N) is 1. The Balaban J connectivity index is 1.72. The summed E-state index contributed by atoms with van der Waals surface area (Å²) < 4.78 is 5.22. The van der Waals surface area contributed by atoms with Crippen molar-refractivity contribution in [3.05, 3.63) is 81.7 Å². The number of anilines is 1. The van der Waals surface area contributed by atoms with Gasteiger partial charge < -0.3 is 9.52 Å². The Kier molecular flexibility index (Phi) is 5.81. The van der Waals surface area contributed by atoms with Gasteiger partial charge in [0.15, 0.2) is 10.8 Å². The number of benzene rings is 2. The molecule has 160 valence electrons. The normalized spacial score (nSPS) is 10.5. The summed E-state index contributed by atoms with van der Waals surface area (Å²) in [6, 6.07) is 18.4. The molecule has 0 amide bonds. The Hall–Kier alpha value is -4.60. The van der Waals surface area contributed by atoms with Crippen LogP contribution in [0.1, 0.15) is 21.5 Å². The third-order valence-corrected chi connectivity index (χ3v) is 5.92. The van der Waals surface area contributed by atoms with E-state index >= 15 is 0 Å². The topological polar surface area (TPSA) is 155 Å². The SMILES string of the molecule is N#Cc1c(N)[nH+]c(SCC(=O)c2cc3ccccc3oc2=O)c(C#N)c1-c1ccc(O)cc1. The molecule has 0 aliphatic heterocycles. The number of pyridine rings is 1. The van der Waals surface area contributed by atoms with Gasteiger partial charge in [-0.25, -0.2) is 9.78 Å². The minimum Gasteiger partial charge on any atom is -0.508 e. The fourth-order valence-electron chi connectivity index (χ4n) is 3.34. The number of ketones is 1. The van der Waals surface area contributed by atoms with Gasteiger partial charge in [-0.05, 0) is 29.8 Å². The molecule has 0 saturated carbocycles. The molecule has 0 spiro atoms. The van der Waals surface area contributed by atoms with Gasteiger partial charge in [0.2, 0.25) is 0 Å².